The van der Waals surface area contributed by atoms with Gasteiger partial charge >= 0.3 is 5.00 Å². The lowest BCUT2D eigenvalue weighted by molar-refractivity contribution is -0.380. The Balaban J connectivity index is 0.00000144. The number of hydrogen-bond donors (Lipinski definition) is 2. The average molecular weight is 224 g/mol. The third-order valence-electron chi connectivity index (χ3n) is 1.41. The van der Waals surface area contributed by atoms with Gasteiger partial charge in [0.2, 0.25) is 0 Å². The van der Waals surface area contributed by atoms with Gasteiger partial charge in [0.25, 0.3) is 0 Å². The van der Waals surface area contributed by atoms with E-state index in [4.69, 9.17) is 11.5 Å². The molecule has 0 fully saturated rings. The van der Waals surface area contributed by atoms with Crippen LogP contribution in [0, 0.1) is 10.1 Å². The van der Waals surface area contributed by atoms with Crippen LogP contribution >= 0.6 is 23.7 Å². The van der Waals surface area contributed by atoms with Crippen molar-refractivity contribution in [1.29, 1.82) is 0 Å². The average Bonchev–Trinajstić information content (AvgIpc) is 2.51. The summed E-state index contributed by atoms with van der Waals surface area (Å²) in [6.07, 6.45) is 0. The van der Waals surface area contributed by atoms with Gasteiger partial charge in [-0.2, -0.15) is 0 Å². The fraction of sp³-hybridized carbons (Fsp3) is 0.333. The first-order valence-corrected chi connectivity index (χ1v) is 4.16. The monoisotopic (exact) mass is 223 g/mol. The first-order valence-electron chi connectivity index (χ1n) is 3.35. The van der Waals surface area contributed by atoms with E-state index in [0.29, 0.717) is 6.54 Å². The van der Waals surface area contributed by atoms with Crippen molar-refractivity contribution >= 4 is 28.7 Å². The van der Waals surface area contributed by atoms with E-state index < -0.39 is 4.92 Å². The number of hydrogen-bond acceptors (Lipinski definition) is 5. The van der Waals surface area contributed by atoms with Crippen LogP contribution in [-0.4, -0.2) is 11.5 Å². The van der Waals surface area contributed by atoms with Crippen molar-refractivity contribution in [2.75, 3.05) is 6.54 Å². The predicted molar refractivity (Wildman–Crippen MR) is 54.2 cm³/mol. The maximum Gasteiger partial charge on any atom is 0.324 e. The molecule has 0 amide bonds. The first-order chi connectivity index (χ1) is 5.65. The van der Waals surface area contributed by atoms with Gasteiger partial charge in [-0.05, 0) is 6.07 Å². The van der Waals surface area contributed by atoms with Gasteiger partial charge in [0.1, 0.15) is 0 Å². The number of halogens is 1. The Hall–Kier alpha value is -0.690. The number of nitrogens with zero attached hydrogens (tertiary/aromatic N) is 1. The van der Waals surface area contributed by atoms with E-state index >= 15 is 0 Å². The summed E-state index contributed by atoms with van der Waals surface area (Å²) in [5.41, 5.74) is 10.9. The molecule has 1 atom stereocenters. The molecule has 0 bridgehead atoms. The Kier molecular flexibility index (Phi) is 4.86. The Labute approximate surface area is 85.3 Å². The Morgan fingerprint density at radius 1 is 1.62 bits per heavy atom. The van der Waals surface area contributed by atoms with Crippen LogP contribution in [0.15, 0.2) is 12.1 Å². The lowest BCUT2D eigenvalue weighted by Crippen LogP contribution is -2.19. The molecule has 5 nitrogen and oxygen atoms in total. The molecule has 7 heteroatoms. The first kappa shape index (κ1) is 12.3. The van der Waals surface area contributed by atoms with Crippen molar-refractivity contribution in [3.8, 4) is 0 Å². The summed E-state index contributed by atoms with van der Waals surface area (Å²) in [5.74, 6) is 0. The van der Waals surface area contributed by atoms with Gasteiger partial charge in [-0.25, -0.2) is 0 Å². The Morgan fingerprint density at radius 3 is 2.62 bits per heavy atom. The lowest BCUT2D eigenvalue weighted by atomic mass is 10.3. The van der Waals surface area contributed by atoms with Gasteiger partial charge in [0.05, 0.1) is 11.0 Å². The van der Waals surface area contributed by atoms with Crippen LogP contribution in [0.2, 0.25) is 0 Å². The summed E-state index contributed by atoms with van der Waals surface area (Å²) in [5, 5.41) is 10.4. The molecule has 1 heterocycles. The maximum absolute atomic E-state index is 10.3. The number of rotatable bonds is 3. The fourth-order valence-electron chi connectivity index (χ4n) is 0.756. The standard InChI is InChI=1S/C6H9N3O2S.ClH/c7-3-4(8)5-1-2-6(12-5)9(10)11;/h1-2,4H,3,7-8H2;1H/t4-;/m1./s1. The maximum atomic E-state index is 10.3. The third-order valence-corrected chi connectivity index (χ3v) is 2.58. The normalized spacial score (nSPS) is 11.8. The molecule has 4 N–H and O–H groups in total. The molecule has 0 saturated carbocycles. The highest BCUT2D eigenvalue weighted by molar-refractivity contribution is 7.15. The Morgan fingerprint density at radius 2 is 2.23 bits per heavy atom. The van der Waals surface area contributed by atoms with Crippen molar-refractivity contribution in [2.24, 2.45) is 11.5 Å². The van der Waals surface area contributed by atoms with Crippen LogP contribution in [0.1, 0.15) is 10.9 Å². The minimum atomic E-state index is -0.433. The zero-order chi connectivity index (χ0) is 9.14. The second-order valence-corrected chi connectivity index (χ2v) is 3.37. The predicted octanol–water partition coefficient (Wildman–Crippen LogP) is 1.04. The SMILES string of the molecule is Cl.NC[C@@H](N)c1ccc([N+](=O)[O-])s1. The third kappa shape index (κ3) is 2.92. The van der Waals surface area contributed by atoms with Crippen LogP contribution in [0.4, 0.5) is 5.00 Å². The van der Waals surface area contributed by atoms with Gasteiger partial charge in [-0.1, -0.05) is 11.3 Å². The minimum absolute atomic E-state index is 0. The van der Waals surface area contributed by atoms with Crippen molar-refractivity contribution in [2.45, 2.75) is 6.04 Å². The van der Waals surface area contributed by atoms with E-state index in [1.54, 1.807) is 6.07 Å². The molecule has 1 rings (SSSR count). The number of nitrogens with two attached hydrogens (primary N) is 2. The van der Waals surface area contributed by atoms with Crippen LogP contribution in [-0.2, 0) is 0 Å². The van der Waals surface area contributed by atoms with Crippen LogP contribution in [0.25, 0.3) is 0 Å². The van der Waals surface area contributed by atoms with E-state index in [9.17, 15) is 10.1 Å². The van der Waals surface area contributed by atoms with E-state index in [2.05, 4.69) is 0 Å². The number of thiophene rings is 1. The zero-order valence-corrected chi connectivity index (χ0v) is 8.31. The highest BCUT2D eigenvalue weighted by Gasteiger charge is 2.13. The van der Waals surface area contributed by atoms with Gasteiger partial charge in [0, 0.05) is 17.5 Å². The number of nitro groups is 1. The lowest BCUT2D eigenvalue weighted by Gasteiger charge is -2.02. The minimum Gasteiger partial charge on any atom is -0.329 e. The molecule has 0 spiro atoms. The van der Waals surface area contributed by atoms with E-state index in [1.165, 1.54) is 6.07 Å². The molecular formula is C6H10ClN3O2S. The molecule has 0 radical (unpaired) electrons. The molecule has 0 aliphatic carbocycles. The van der Waals surface area contributed by atoms with Gasteiger partial charge in [-0.15, -0.1) is 12.4 Å². The van der Waals surface area contributed by atoms with Gasteiger partial charge < -0.3 is 11.5 Å². The smallest absolute Gasteiger partial charge is 0.324 e. The molecule has 0 unspecified atom stereocenters. The van der Waals surface area contributed by atoms with E-state index in [-0.39, 0.29) is 23.4 Å². The highest BCUT2D eigenvalue weighted by atomic mass is 35.5. The van der Waals surface area contributed by atoms with Gasteiger partial charge in [0.15, 0.2) is 0 Å². The second kappa shape index (κ2) is 5.13. The largest absolute Gasteiger partial charge is 0.329 e. The van der Waals surface area contributed by atoms with Crippen LogP contribution in [0.3, 0.4) is 0 Å². The molecule has 0 aromatic carbocycles. The van der Waals surface area contributed by atoms with Crippen molar-refractivity contribution < 1.29 is 4.92 Å². The molecule has 0 saturated heterocycles. The molecule has 13 heavy (non-hydrogen) atoms. The highest BCUT2D eigenvalue weighted by Crippen LogP contribution is 2.27. The van der Waals surface area contributed by atoms with Crippen LogP contribution < -0.4 is 11.5 Å². The molecule has 0 aliphatic heterocycles. The summed E-state index contributed by atoms with van der Waals surface area (Å²) >= 11 is 1.07. The summed E-state index contributed by atoms with van der Waals surface area (Å²) < 4.78 is 0. The molecule has 1 aromatic heterocycles. The molecular weight excluding hydrogens is 214 g/mol. The second-order valence-electron chi connectivity index (χ2n) is 2.28. The summed E-state index contributed by atoms with van der Waals surface area (Å²) in [4.78, 5) is 10.6. The molecule has 74 valence electrons. The summed E-state index contributed by atoms with van der Waals surface area (Å²) in [7, 11) is 0. The zero-order valence-electron chi connectivity index (χ0n) is 6.67. The van der Waals surface area contributed by atoms with E-state index in [0.717, 1.165) is 16.2 Å². The molecule has 0 aliphatic rings. The Bertz CT molecular complexity index is 291. The van der Waals surface area contributed by atoms with Gasteiger partial charge in [-0.3, -0.25) is 10.1 Å². The fourth-order valence-corrected chi connectivity index (χ4v) is 1.59. The van der Waals surface area contributed by atoms with Crippen molar-refractivity contribution in [3.63, 3.8) is 0 Å². The quantitative estimate of drug-likeness (QED) is 0.591. The van der Waals surface area contributed by atoms with E-state index in [1.807, 2.05) is 0 Å². The van der Waals surface area contributed by atoms with Crippen molar-refractivity contribution in [3.05, 3.63) is 27.1 Å². The van der Waals surface area contributed by atoms with Crippen molar-refractivity contribution in [1.82, 2.24) is 0 Å². The summed E-state index contributed by atoms with van der Waals surface area (Å²) in [6, 6.07) is 2.79. The summed E-state index contributed by atoms with van der Waals surface area (Å²) in [6.45, 7) is 0.303. The topological polar surface area (TPSA) is 95.2 Å². The van der Waals surface area contributed by atoms with Crippen LogP contribution in [0.5, 0.6) is 0 Å². The molecule has 1 aromatic rings.